The highest BCUT2D eigenvalue weighted by atomic mass is 32.3. The molecule has 0 heterocycles. The van der Waals surface area contributed by atoms with Crippen LogP contribution in [-0.2, 0) is 29.2 Å². The van der Waals surface area contributed by atoms with Crippen molar-refractivity contribution in [2.45, 2.75) is 83.7 Å². The van der Waals surface area contributed by atoms with Gasteiger partial charge in [-0.25, -0.2) is 8.37 Å². The summed E-state index contributed by atoms with van der Waals surface area (Å²) in [6, 6.07) is 0. The smallest absolute Gasteiger partial charge is 0.264 e. The summed E-state index contributed by atoms with van der Waals surface area (Å²) in [7, 11) is -9.39. The van der Waals surface area contributed by atoms with E-state index >= 15 is 0 Å². The molecular weight excluding hydrogens is 360 g/mol. The van der Waals surface area contributed by atoms with Crippen LogP contribution in [0.5, 0.6) is 0 Å². The van der Waals surface area contributed by atoms with Crippen LogP contribution in [0.25, 0.3) is 0 Å². The van der Waals surface area contributed by atoms with Crippen LogP contribution in [0.15, 0.2) is 0 Å². The van der Waals surface area contributed by atoms with Crippen LogP contribution < -0.4 is 0 Å². The van der Waals surface area contributed by atoms with Crippen LogP contribution in [0.3, 0.4) is 0 Å². The van der Waals surface area contributed by atoms with Crippen molar-refractivity contribution >= 4 is 20.8 Å². The fourth-order valence-electron chi connectivity index (χ4n) is 2.35. The third-order valence-corrected chi connectivity index (χ3v) is 4.49. The molecule has 0 aliphatic heterocycles. The second kappa shape index (κ2) is 13.0. The summed E-state index contributed by atoms with van der Waals surface area (Å²) >= 11 is 0. The van der Waals surface area contributed by atoms with Crippen molar-refractivity contribution in [2.75, 3.05) is 6.61 Å². The van der Waals surface area contributed by atoms with E-state index in [-0.39, 0.29) is 6.42 Å². The average molecular weight is 391 g/mol. The van der Waals surface area contributed by atoms with Gasteiger partial charge in [0.1, 0.15) is 6.10 Å². The van der Waals surface area contributed by atoms with Crippen LogP contribution >= 0.6 is 0 Å². The Morgan fingerprint density at radius 3 is 1.62 bits per heavy atom. The first-order chi connectivity index (χ1) is 11.1. The maximum atomic E-state index is 10.7. The van der Waals surface area contributed by atoms with Crippen molar-refractivity contribution in [1.29, 1.82) is 0 Å². The molecule has 0 bridgehead atoms. The van der Waals surface area contributed by atoms with E-state index in [1.54, 1.807) is 0 Å². The minimum Gasteiger partial charge on any atom is -0.264 e. The van der Waals surface area contributed by atoms with Gasteiger partial charge in [-0.15, -0.1) is 0 Å². The second-order valence-corrected chi connectivity index (χ2v) is 7.97. The van der Waals surface area contributed by atoms with Gasteiger partial charge < -0.3 is 0 Å². The Bertz CT molecular complexity index is 501. The summed E-state index contributed by atoms with van der Waals surface area (Å²) in [4.78, 5) is 0. The molecule has 0 aromatic rings. The predicted molar refractivity (Wildman–Crippen MR) is 90.4 cm³/mol. The molecule has 0 saturated heterocycles. The molecule has 0 aliphatic rings. The monoisotopic (exact) mass is 390 g/mol. The van der Waals surface area contributed by atoms with Crippen molar-refractivity contribution in [2.24, 2.45) is 0 Å². The van der Waals surface area contributed by atoms with Crippen LogP contribution in [0.1, 0.15) is 77.6 Å². The van der Waals surface area contributed by atoms with Crippen molar-refractivity contribution < 1.29 is 34.3 Å². The Kier molecular flexibility index (Phi) is 12.9. The Balaban J connectivity index is 3.85. The van der Waals surface area contributed by atoms with E-state index in [2.05, 4.69) is 15.3 Å². The molecule has 0 aromatic heterocycles. The topological polar surface area (TPSA) is 127 Å². The molecular formula is C14H30O8S2. The Morgan fingerprint density at radius 2 is 1.21 bits per heavy atom. The molecule has 146 valence electrons. The molecule has 1 atom stereocenters. The van der Waals surface area contributed by atoms with E-state index in [9.17, 15) is 16.8 Å². The minimum atomic E-state index is -4.71. The van der Waals surface area contributed by atoms with Gasteiger partial charge in [0.2, 0.25) is 0 Å². The number of hydrogen-bond acceptors (Lipinski definition) is 6. The molecule has 0 saturated carbocycles. The molecule has 0 spiro atoms. The van der Waals surface area contributed by atoms with Gasteiger partial charge in [-0.05, 0) is 6.42 Å². The molecule has 2 N–H and O–H groups in total. The van der Waals surface area contributed by atoms with Crippen LogP contribution in [-0.4, -0.2) is 38.7 Å². The van der Waals surface area contributed by atoms with Gasteiger partial charge in [-0.3, -0.25) is 9.11 Å². The molecule has 0 amide bonds. The van der Waals surface area contributed by atoms with E-state index in [1.165, 1.54) is 38.5 Å². The van der Waals surface area contributed by atoms with Gasteiger partial charge in [-0.2, -0.15) is 16.8 Å². The molecule has 0 fully saturated rings. The molecule has 0 aliphatic carbocycles. The lowest BCUT2D eigenvalue weighted by molar-refractivity contribution is 0.106. The van der Waals surface area contributed by atoms with Crippen molar-refractivity contribution in [3.05, 3.63) is 0 Å². The molecule has 0 radical (unpaired) electrons. The Labute approximate surface area is 145 Å². The maximum Gasteiger partial charge on any atom is 0.397 e. The molecule has 24 heavy (non-hydrogen) atoms. The van der Waals surface area contributed by atoms with E-state index in [4.69, 9.17) is 9.11 Å². The second-order valence-electron chi connectivity index (χ2n) is 5.83. The summed E-state index contributed by atoms with van der Waals surface area (Å²) in [6.07, 6.45) is 10.00. The first kappa shape index (κ1) is 23.7. The van der Waals surface area contributed by atoms with Crippen LogP contribution in [0.4, 0.5) is 0 Å². The lowest BCUT2D eigenvalue weighted by atomic mass is 10.0. The van der Waals surface area contributed by atoms with E-state index in [0.29, 0.717) is 6.42 Å². The first-order valence-electron chi connectivity index (χ1n) is 8.41. The summed E-state index contributed by atoms with van der Waals surface area (Å²) in [6.45, 7) is 1.51. The van der Waals surface area contributed by atoms with Gasteiger partial charge in [0.25, 0.3) is 0 Å². The zero-order chi connectivity index (χ0) is 18.5. The van der Waals surface area contributed by atoms with E-state index < -0.39 is 33.5 Å². The maximum absolute atomic E-state index is 10.7. The standard InChI is InChI=1S/C14H30O8S2/c1-2-3-4-5-6-7-8-9-10-11-12-14(22-24(18,19)20)13-21-23(15,16)17/h14H,2-13H2,1H3,(H,15,16,17)(H,18,19,20). The SMILES string of the molecule is CCCCCCCCCCCCC(COS(=O)(=O)O)OS(=O)(=O)O. The van der Waals surface area contributed by atoms with Crippen molar-refractivity contribution in [3.8, 4) is 0 Å². The lowest BCUT2D eigenvalue weighted by Crippen LogP contribution is -2.25. The average Bonchev–Trinajstić information content (AvgIpc) is 2.44. The summed E-state index contributed by atoms with van der Waals surface area (Å²) in [5.41, 5.74) is 0. The molecule has 1 unspecified atom stereocenters. The normalized spacial score (nSPS) is 14.0. The van der Waals surface area contributed by atoms with Crippen molar-refractivity contribution in [3.63, 3.8) is 0 Å². The van der Waals surface area contributed by atoms with Crippen LogP contribution in [0, 0.1) is 0 Å². The number of unbranched alkanes of at least 4 members (excludes halogenated alkanes) is 9. The van der Waals surface area contributed by atoms with Gasteiger partial charge in [0, 0.05) is 0 Å². The highest BCUT2D eigenvalue weighted by molar-refractivity contribution is 7.81. The Hall–Kier alpha value is -0.260. The summed E-state index contributed by atoms with van der Waals surface area (Å²) in [5, 5.41) is 0. The fraction of sp³-hybridized carbons (Fsp3) is 1.00. The highest BCUT2D eigenvalue weighted by Crippen LogP contribution is 2.14. The zero-order valence-electron chi connectivity index (χ0n) is 14.2. The molecule has 8 nitrogen and oxygen atoms in total. The minimum absolute atomic E-state index is 0.200. The highest BCUT2D eigenvalue weighted by Gasteiger charge is 2.20. The largest absolute Gasteiger partial charge is 0.397 e. The molecule has 10 heteroatoms. The van der Waals surface area contributed by atoms with Gasteiger partial charge in [0.15, 0.2) is 0 Å². The van der Waals surface area contributed by atoms with Gasteiger partial charge >= 0.3 is 20.8 Å². The van der Waals surface area contributed by atoms with Crippen LogP contribution in [0.2, 0.25) is 0 Å². The van der Waals surface area contributed by atoms with Gasteiger partial charge in [-0.1, -0.05) is 71.1 Å². The Morgan fingerprint density at radius 1 is 0.750 bits per heavy atom. The summed E-state index contributed by atoms with van der Waals surface area (Å²) < 4.78 is 68.1. The molecule has 0 aromatic carbocycles. The quantitative estimate of drug-likeness (QED) is 0.303. The number of rotatable bonds is 16. The van der Waals surface area contributed by atoms with Crippen molar-refractivity contribution in [1.82, 2.24) is 0 Å². The van der Waals surface area contributed by atoms with Gasteiger partial charge in [0.05, 0.1) is 6.61 Å². The zero-order valence-corrected chi connectivity index (χ0v) is 15.9. The first-order valence-corrected chi connectivity index (χ1v) is 11.1. The predicted octanol–water partition coefficient (Wildman–Crippen LogP) is 3.30. The fourth-order valence-corrected chi connectivity index (χ4v) is 3.17. The third kappa shape index (κ3) is 18.1. The molecule has 0 rings (SSSR count). The summed E-state index contributed by atoms with van der Waals surface area (Å²) in [5.74, 6) is 0. The van der Waals surface area contributed by atoms with E-state index in [1.807, 2.05) is 0 Å². The number of hydrogen-bond donors (Lipinski definition) is 2. The van der Waals surface area contributed by atoms with E-state index in [0.717, 1.165) is 19.3 Å². The lowest BCUT2D eigenvalue weighted by Gasteiger charge is -2.14. The third-order valence-electron chi connectivity index (χ3n) is 3.54.